The fourth-order valence-electron chi connectivity index (χ4n) is 3.60. The summed E-state index contributed by atoms with van der Waals surface area (Å²) in [4.78, 5) is 10.6. The lowest BCUT2D eigenvalue weighted by atomic mass is 10.0. The Bertz CT molecular complexity index is 529. The van der Waals surface area contributed by atoms with E-state index in [0.29, 0.717) is 6.42 Å². The first-order chi connectivity index (χ1) is 13.9. The van der Waals surface area contributed by atoms with Crippen LogP contribution in [0.5, 0.6) is 0 Å². The molecule has 0 fully saturated rings. The van der Waals surface area contributed by atoms with E-state index >= 15 is 0 Å². The van der Waals surface area contributed by atoms with Crippen LogP contribution in [0, 0.1) is 0 Å². The van der Waals surface area contributed by atoms with Gasteiger partial charge < -0.3 is 20.4 Å². The van der Waals surface area contributed by atoms with Crippen LogP contribution in [0.3, 0.4) is 0 Å². The Balaban J connectivity index is 1.80. The fourth-order valence-corrected chi connectivity index (χ4v) is 3.60. The number of carboxylic acid groups (broad SMARTS) is 1. The molecule has 0 aromatic heterocycles. The van der Waals surface area contributed by atoms with Crippen LogP contribution in [-0.2, 0) is 11.2 Å². The van der Waals surface area contributed by atoms with Crippen LogP contribution < -0.4 is 0 Å². The van der Waals surface area contributed by atoms with Gasteiger partial charge in [-0.2, -0.15) is 0 Å². The monoisotopic (exact) mass is 408 g/mol. The molecule has 1 aromatic carbocycles. The number of hydrogen-bond acceptors (Lipinski definition) is 4. The summed E-state index contributed by atoms with van der Waals surface area (Å²) in [5.41, 5.74) is 1.44. The molecular formula is C24H40O5. The van der Waals surface area contributed by atoms with Crippen molar-refractivity contribution in [2.24, 2.45) is 0 Å². The molecule has 0 aliphatic heterocycles. The molecule has 0 aliphatic carbocycles. The first-order valence-electron chi connectivity index (χ1n) is 11.3. The van der Waals surface area contributed by atoms with E-state index in [2.05, 4.69) is 30.3 Å². The first kappa shape index (κ1) is 25.6. The second kappa shape index (κ2) is 15.4. The molecule has 0 amide bonds. The number of benzene rings is 1. The quantitative estimate of drug-likeness (QED) is 0.206. The van der Waals surface area contributed by atoms with Crippen molar-refractivity contribution in [3.05, 3.63) is 35.9 Å². The van der Waals surface area contributed by atoms with Gasteiger partial charge in [0, 0.05) is 0 Å². The van der Waals surface area contributed by atoms with Crippen molar-refractivity contribution >= 4 is 5.97 Å². The molecule has 1 unspecified atom stereocenters. The highest BCUT2D eigenvalue weighted by molar-refractivity contribution is 5.75. The molecule has 0 spiro atoms. The molecule has 166 valence electrons. The Labute approximate surface area is 175 Å². The third-order valence-corrected chi connectivity index (χ3v) is 5.57. The molecule has 1 atom stereocenters. The van der Waals surface area contributed by atoms with Gasteiger partial charge in [-0.15, -0.1) is 0 Å². The van der Waals surface area contributed by atoms with E-state index in [1.54, 1.807) is 0 Å². The normalized spacial score (nSPS) is 12.8. The van der Waals surface area contributed by atoms with Gasteiger partial charge in [0.05, 0.1) is 0 Å². The van der Waals surface area contributed by atoms with Gasteiger partial charge in [-0.25, -0.2) is 4.79 Å². The number of aliphatic hydroxyl groups excluding tert-OH is 1. The minimum Gasteiger partial charge on any atom is -0.477 e. The van der Waals surface area contributed by atoms with Crippen LogP contribution in [0.2, 0.25) is 0 Å². The molecule has 1 rings (SSSR count). The highest BCUT2D eigenvalue weighted by Crippen LogP contribution is 2.17. The highest BCUT2D eigenvalue weighted by atomic mass is 16.6. The standard InChI is InChI=1S/C24H40O5/c25-22(24(28,29)23(26)27)20-16-11-9-7-5-3-1-2-4-6-8-10-13-17-21-18-14-12-15-19-21/h12,14-15,18-19,22,25,28-29H,1-11,13,16-17,20H2,(H,26,27). The summed E-state index contributed by atoms with van der Waals surface area (Å²) in [6.45, 7) is 0. The predicted molar refractivity (Wildman–Crippen MR) is 116 cm³/mol. The van der Waals surface area contributed by atoms with Crippen LogP contribution >= 0.6 is 0 Å². The number of aryl methyl sites for hydroxylation is 1. The van der Waals surface area contributed by atoms with Gasteiger partial charge in [-0.05, 0) is 24.8 Å². The first-order valence-corrected chi connectivity index (χ1v) is 11.3. The van der Waals surface area contributed by atoms with Crippen molar-refractivity contribution in [1.82, 2.24) is 0 Å². The average Bonchev–Trinajstić information content (AvgIpc) is 2.71. The maximum absolute atomic E-state index is 10.6. The number of aliphatic hydroxyl groups is 3. The SMILES string of the molecule is O=C(O)C(O)(O)C(O)CCCCCCCCCCCCCCCc1ccccc1. The minimum absolute atomic E-state index is 0.0879. The molecular weight excluding hydrogens is 368 g/mol. The van der Waals surface area contributed by atoms with Crippen LogP contribution in [0.25, 0.3) is 0 Å². The molecule has 4 N–H and O–H groups in total. The molecule has 0 saturated carbocycles. The Kier molecular flexibility index (Phi) is 13.6. The van der Waals surface area contributed by atoms with Crippen LogP contribution in [0.1, 0.15) is 95.5 Å². The summed E-state index contributed by atoms with van der Waals surface area (Å²) in [5, 5.41) is 36.6. The molecule has 5 nitrogen and oxygen atoms in total. The summed E-state index contributed by atoms with van der Waals surface area (Å²) in [7, 11) is 0. The number of unbranched alkanes of at least 4 members (excludes halogenated alkanes) is 12. The van der Waals surface area contributed by atoms with E-state index in [1.165, 1.54) is 69.8 Å². The summed E-state index contributed by atoms with van der Waals surface area (Å²) in [6, 6.07) is 10.7. The zero-order chi connectivity index (χ0) is 21.4. The number of hydrogen-bond donors (Lipinski definition) is 4. The summed E-state index contributed by atoms with van der Waals surface area (Å²) < 4.78 is 0. The van der Waals surface area contributed by atoms with Crippen LogP contribution in [-0.4, -0.2) is 38.3 Å². The fraction of sp³-hybridized carbons (Fsp3) is 0.708. The summed E-state index contributed by atoms with van der Waals surface area (Å²) >= 11 is 0. The Hall–Kier alpha value is -1.43. The van der Waals surface area contributed by atoms with Crippen molar-refractivity contribution in [2.75, 3.05) is 0 Å². The maximum Gasteiger partial charge on any atom is 0.366 e. The Morgan fingerprint density at radius 1 is 0.724 bits per heavy atom. The van der Waals surface area contributed by atoms with E-state index in [9.17, 15) is 20.1 Å². The van der Waals surface area contributed by atoms with Crippen molar-refractivity contribution in [3.8, 4) is 0 Å². The van der Waals surface area contributed by atoms with Crippen LogP contribution in [0.4, 0.5) is 0 Å². The van der Waals surface area contributed by atoms with Gasteiger partial charge in [0.25, 0.3) is 5.79 Å². The second-order valence-electron chi connectivity index (χ2n) is 8.17. The molecule has 5 heteroatoms. The Morgan fingerprint density at radius 2 is 1.14 bits per heavy atom. The van der Waals surface area contributed by atoms with E-state index in [4.69, 9.17) is 5.11 Å². The van der Waals surface area contributed by atoms with E-state index in [1.807, 2.05) is 0 Å². The third-order valence-electron chi connectivity index (χ3n) is 5.57. The van der Waals surface area contributed by atoms with Gasteiger partial charge in [0.15, 0.2) is 0 Å². The molecule has 0 heterocycles. The van der Waals surface area contributed by atoms with E-state index < -0.39 is 17.9 Å². The molecule has 1 aromatic rings. The largest absolute Gasteiger partial charge is 0.477 e. The third kappa shape index (κ3) is 12.0. The number of aliphatic carboxylic acids is 1. The smallest absolute Gasteiger partial charge is 0.366 e. The van der Waals surface area contributed by atoms with Gasteiger partial charge in [0.2, 0.25) is 0 Å². The van der Waals surface area contributed by atoms with Crippen LogP contribution in [0.15, 0.2) is 30.3 Å². The van der Waals surface area contributed by atoms with E-state index in [-0.39, 0.29) is 6.42 Å². The molecule has 0 aliphatic rings. The Morgan fingerprint density at radius 3 is 1.59 bits per heavy atom. The van der Waals surface area contributed by atoms with Gasteiger partial charge in [-0.3, -0.25) is 0 Å². The van der Waals surface area contributed by atoms with Crippen molar-refractivity contribution in [2.45, 2.75) is 108 Å². The topological polar surface area (TPSA) is 98.0 Å². The lowest BCUT2D eigenvalue weighted by molar-refractivity contribution is -0.237. The maximum atomic E-state index is 10.6. The average molecular weight is 409 g/mol. The zero-order valence-corrected chi connectivity index (χ0v) is 17.8. The number of carbonyl (C=O) groups is 1. The number of carboxylic acids is 1. The second-order valence-corrected chi connectivity index (χ2v) is 8.17. The summed E-state index contributed by atoms with van der Waals surface area (Å²) in [6.07, 6.45) is 15.0. The number of rotatable bonds is 18. The molecule has 0 saturated heterocycles. The van der Waals surface area contributed by atoms with Gasteiger partial charge in [0.1, 0.15) is 6.10 Å². The molecule has 0 radical (unpaired) electrons. The lowest BCUT2D eigenvalue weighted by Crippen LogP contribution is -2.49. The highest BCUT2D eigenvalue weighted by Gasteiger charge is 2.41. The summed E-state index contributed by atoms with van der Waals surface area (Å²) in [5.74, 6) is -4.85. The minimum atomic E-state index is -3.04. The zero-order valence-electron chi connectivity index (χ0n) is 17.8. The van der Waals surface area contributed by atoms with Gasteiger partial charge in [-0.1, -0.05) is 107 Å². The van der Waals surface area contributed by atoms with Crippen molar-refractivity contribution < 1.29 is 25.2 Å². The molecule has 29 heavy (non-hydrogen) atoms. The van der Waals surface area contributed by atoms with E-state index in [0.717, 1.165) is 19.3 Å². The molecule has 0 bridgehead atoms. The van der Waals surface area contributed by atoms with Gasteiger partial charge >= 0.3 is 5.97 Å². The van der Waals surface area contributed by atoms with Crippen molar-refractivity contribution in [1.29, 1.82) is 0 Å². The van der Waals surface area contributed by atoms with Crippen molar-refractivity contribution in [3.63, 3.8) is 0 Å². The lowest BCUT2D eigenvalue weighted by Gasteiger charge is -2.22. The predicted octanol–water partition coefficient (Wildman–Crippen LogP) is 4.82.